The van der Waals surface area contributed by atoms with Gasteiger partial charge in [-0.3, -0.25) is 0 Å². The molecular weight excluding hydrogens is 278 g/mol. The maximum absolute atomic E-state index is 10.3. The molecule has 1 aromatic carbocycles. The van der Waals surface area contributed by atoms with Crippen molar-refractivity contribution in [3.8, 4) is 11.5 Å². The minimum absolute atomic E-state index is 0.118. The highest BCUT2D eigenvalue weighted by atomic mass is 16.5. The highest BCUT2D eigenvalue weighted by Gasteiger charge is 2.53. The Balaban J connectivity index is 2.05. The van der Waals surface area contributed by atoms with E-state index in [9.17, 15) is 5.11 Å². The number of hydrogen-bond acceptors (Lipinski definition) is 4. The van der Waals surface area contributed by atoms with Gasteiger partial charge in [0.2, 0.25) is 0 Å². The first kappa shape index (κ1) is 15.6. The Morgan fingerprint density at radius 1 is 1.18 bits per heavy atom. The molecule has 0 bridgehead atoms. The lowest BCUT2D eigenvalue weighted by molar-refractivity contribution is 0.00251. The van der Waals surface area contributed by atoms with Gasteiger partial charge in [-0.1, -0.05) is 13.0 Å². The second-order valence-corrected chi connectivity index (χ2v) is 6.87. The smallest absolute Gasteiger partial charge is 0.161 e. The first-order valence-corrected chi connectivity index (χ1v) is 8.14. The normalized spacial score (nSPS) is 35.2. The van der Waals surface area contributed by atoms with E-state index in [1.807, 2.05) is 6.07 Å². The van der Waals surface area contributed by atoms with Crippen molar-refractivity contribution in [1.82, 2.24) is 4.90 Å². The summed E-state index contributed by atoms with van der Waals surface area (Å²) in [6.07, 6.45) is 2.85. The maximum atomic E-state index is 10.3. The van der Waals surface area contributed by atoms with Crippen LogP contribution in [0, 0.1) is 5.92 Å². The topological polar surface area (TPSA) is 41.9 Å². The Morgan fingerprint density at radius 2 is 1.91 bits per heavy atom. The Morgan fingerprint density at radius 3 is 2.59 bits per heavy atom. The van der Waals surface area contributed by atoms with Crippen molar-refractivity contribution in [3.05, 3.63) is 23.8 Å². The van der Waals surface area contributed by atoms with Crippen LogP contribution in [0.3, 0.4) is 0 Å². The molecule has 1 saturated carbocycles. The van der Waals surface area contributed by atoms with Crippen LogP contribution in [0.2, 0.25) is 0 Å². The van der Waals surface area contributed by atoms with E-state index >= 15 is 0 Å². The predicted molar refractivity (Wildman–Crippen MR) is 86.7 cm³/mol. The maximum Gasteiger partial charge on any atom is 0.161 e. The third-order valence-electron chi connectivity index (χ3n) is 5.90. The number of likely N-dealkylation sites (N-methyl/N-ethyl adjacent to an activating group) is 1. The molecule has 3 rings (SSSR count). The van der Waals surface area contributed by atoms with E-state index in [4.69, 9.17) is 9.47 Å². The first-order chi connectivity index (χ1) is 10.5. The van der Waals surface area contributed by atoms with Crippen LogP contribution in [-0.4, -0.2) is 50.0 Å². The summed E-state index contributed by atoms with van der Waals surface area (Å²) in [6.45, 7) is 3.27. The van der Waals surface area contributed by atoms with E-state index in [0.29, 0.717) is 6.04 Å². The first-order valence-electron chi connectivity index (χ1n) is 8.14. The van der Waals surface area contributed by atoms with E-state index in [2.05, 4.69) is 31.0 Å². The van der Waals surface area contributed by atoms with Gasteiger partial charge in [0.15, 0.2) is 11.5 Å². The van der Waals surface area contributed by atoms with Crippen molar-refractivity contribution < 1.29 is 14.6 Å². The molecule has 2 aliphatic rings. The van der Waals surface area contributed by atoms with Crippen LogP contribution in [0.15, 0.2) is 18.2 Å². The summed E-state index contributed by atoms with van der Waals surface area (Å²) in [4.78, 5) is 2.42. The van der Waals surface area contributed by atoms with Crippen molar-refractivity contribution in [3.63, 3.8) is 0 Å². The SMILES string of the molecule is COc1ccc([C@@]23CC[C@H](O)[C@@H](C)[C@@H]2N(C)CC3)cc1OC. The minimum Gasteiger partial charge on any atom is -0.493 e. The van der Waals surface area contributed by atoms with E-state index < -0.39 is 0 Å². The molecule has 1 N–H and O–H groups in total. The summed E-state index contributed by atoms with van der Waals surface area (Å²) < 4.78 is 10.9. The number of nitrogens with zero attached hydrogens (tertiary/aromatic N) is 1. The van der Waals surface area contributed by atoms with Crippen LogP contribution >= 0.6 is 0 Å². The van der Waals surface area contributed by atoms with Gasteiger partial charge in [-0.05, 0) is 56.5 Å². The molecule has 1 aliphatic carbocycles. The fourth-order valence-electron chi connectivity index (χ4n) is 4.75. The second kappa shape index (κ2) is 5.74. The number of aliphatic hydroxyl groups excluding tert-OH is 1. The minimum atomic E-state index is -0.196. The molecule has 4 atom stereocenters. The van der Waals surface area contributed by atoms with Crippen molar-refractivity contribution in [2.24, 2.45) is 5.92 Å². The van der Waals surface area contributed by atoms with Gasteiger partial charge in [0.05, 0.1) is 20.3 Å². The zero-order valence-electron chi connectivity index (χ0n) is 14.0. The van der Waals surface area contributed by atoms with Gasteiger partial charge < -0.3 is 19.5 Å². The summed E-state index contributed by atoms with van der Waals surface area (Å²) >= 11 is 0. The number of hydrogen-bond donors (Lipinski definition) is 1. The summed E-state index contributed by atoms with van der Waals surface area (Å²) in [5.74, 6) is 1.85. The molecule has 1 aromatic rings. The standard InChI is InChI=1S/C18H27NO3/c1-12-14(20)7-8-18(9-10-19(2)17(12)18)13-5-6-15(21-3)16(11-13)22-4/h5-6,11-12,14,17,20H,7-10H2,1-4H3/t12-,14+,17+,18+/m1/s1. The fourth-order valence-corrected chi connectivity index (χ4v) is 4.75. The number of aliphatic hydroxyl groups is 1. The lowest BCUT2D eigenvalue weighted by Gasteiger charge is -2.47. The van der Waals surface area contributed by atoms with Gasteiger partial charge in [0.25, 0.3) is 0 Å². The highest BCUT2D eigenvalue weighted by Crippen LogP contribution is 2.51. The highest BCUT2D eigenvalue weighted by molar-refractivity contribution is 5.46. The number of ether oxygens (including phenoxy) is 2. The molecule has 0 unspecified atom stereocenters. The van der Waals surface area contributed by atoms with Crippen molar-refractivity contribution in [1.29, 1.82) is 0 Å². The van der Waals surface area contributed by atoms with Crippen LogP contribution in [0.1, 0.15) is 31.7 Å². The summed E-state index contributed by atoms with van der Waals surface area (Å²) in [6, 6.07) is 6.70. The second-order valence-electron chi connectivity index (χ2n) is 6.87. The Labute approximate surface area is 133 Å². The third-order valence-corrected chi connectivity index (χ3v) is 5.90. The number of benzene rings is 1. The van der Waals surface area contributed by atoms with E-state index in [1.54, 1.807) is 14.2 Å². The number of methoxy groups -OCH3 is 2. The van der Waals surface area contributed by atoms with Gasteiger partial charge >= 0.3 is 0 Å². The number of likely N-dealkylation sites (tertiary alicyclic amines) is 1. The molecule has 1 saturated heterocycles. The van der Waals surface area contributed by atoms with Crippen LogP contribution in [0.5, 0.6) is 11.5 Å². The zero-order valence-corrected chi connectivity index (χ0v) is 14.0. The zero-order chi connectivity index (χ0) is 15.9. The van der Waals surface area contributed by atoms with E-state index in [0.717, 1.165) is 37.3 Å². The van der Waals surface area contributed by atoms with Gasteiger partial charge in [-0.15, -0.1) is 0 Å². The van der Waals surface area contributed by atoms with Crippen LogP contribution in [0.4, 0.5) is 0 Å². The fraction of sp³-hybridized carbons (Fsp3) is 0.667. The van der Waals surface area contributed by atoms with E-state index in [1.165, 1.54) is 5.56 Å². The van der Waals surface area contributed by atoms with Gasteiger partial charge in [0.1, 0.15) is 0 Å². The Hall–Kier alpha value is -1.26. The van der Waals surface area contributed by atoms with Crippen molar-refractivity contribution in [2.45, 2.75) is 43.7 Å². The number of rotatable bonds is 3. The third kappa shape index (κ3) is 2.20. The molecule has 0 amide bonds. The van der Waals surface area contributed by atoms with Crippen LogP contribution < -0.4 is 9.47 Å². The largest absolute Gasteiger partial charge is 0.493 e. The van der Waals surface area contributed by atoms with Crippen LogP contribution in [-0.2, 0) is 5.41 Å². The monoisotopic (exact) mass is 305 g/mol. The van der Waals surface area contributed by atoms with Gasteiger partial charge in [-0.2, -0.15) is 0 Å². The summed E-state index contributed by atoms with van der Waals surface area (Å²) in [5, 5.41) is 10.3. The lowest BCUT2D eigenvalue weighted by atomic mass is 9.62. The molecule has 4 heteroatoms. The summed E-state index contributed by atoms with van der Waals surface area (Å²) in [5.41, 5.74) is 1.44. The van der Waals surface area contributed by atoms with Crippen LogP contribution in [0.25, 0.3) is 0 Å². The molecule has 0 aromatic heterocycles. The van der Waals surface area contributed by atoms with Gasteiger partial charge in [-0.25, -0.2) is 0 Å². The molecular formula is C18H27NO3. The predicted octanol–water partition coefficient (Wildman–Crippen LogP) is 2.44. The average Bonchev–Trinajstić information content (AvgIpc) is 2.89. The van der Waals surface area contributed by atoms with Crippen molar-refractivity contribution >= 4 is 0 Å². The molecule has 0 radical (unpaired) electrons. The molecule has 2 fully saturated rings. The van der Waals surface area contributed by atoms with E-state index in [-0.39, 0.29) is 17.4 Å². The van der Waals surface area contributed by atoms with Crippen molar-refractivity contribution in [2.75, 3.05) is 27.8 Å². The lowest BCUT2D eigenvalue weighted by Crippen LogP contribution is -2.53. The quantitative estimate of drug-likeness (QED) is 0.931. The molecule has 0 spiro atoms. The van der Waals surface area contributed by atoms with Gasteiger partial charge in [0, 0.05) is 11.5 Å². The number of fused-ring (bicyclic) bond motifs is 1. The molecule has 1 heterocycles. The molecule has 4 nitrogen and oxygen atoms in total. The molecule has 22 heavy (non-hydrogen) atoms. The Kier molecular flexibility index (Phi) is 4.08. The molecule has 1 aliphatic heterocycles. The summed E-state index contributed by atoms with van der Waals surface area (Å²) in [7, 11) is 5.54. The molecule has 122 valence electrons. The average molecular weight is 305 g/mol. The Bertz CT molecular complexity index is 547.